The van der Waals surface area contributed by atoms with Crippen LogP contribution in [0, 0.1) is 0 Å². The molecule has 0 atom stereocenters. The Morgan fingerprint density at radius 2 is 1.71 bits per heavy atom. The molecule has 7 heteroatoms. The smallest absolute Gasteiger partial charge is 0.306 e. The van der Waals surface area contributed by atoms with E-state index in [9.17, 15) is 14.4 Å². The normalized spacial score (nSPS) is 9.62. The van der Waals surface area contributed by atoms with Crippen molar-refractivity contribution in [2.24, 2.45) is 0 Å². The maximum absolute atomic E-state index is 11.7. The van der Waals surface area contributed by atoms with Crippen molar-refractivity contribution >= 4 is 17.8 Å². The van der Waals surface area contributed by atoms with Crippen LogP contribution in [0.5, 0.6) is 5.75 Å². The molecular formula is C14H18N2O5. The summed E-state index contributed by atoms with van der Waals surface area (Å²) in [5, 5.41) is 0. The molecule has 2 N–H and O–H groups in total. The van der Waals surface area contributed by atoms with Crippen molar-refractivity contribution in [2.45, 2.75) is 19.8 Å². The summed E-state index contributed by atoms with van der Waals surface area (Å²) >= 11 is 0. The number of hydrazine groups is 1. The number of carbonyl (C=O) groups excluding carboxylic acids is 3. The monoisotopic (exact) mass is 294 g/mol. The predicted octanol–water partition coefficient (Wildman–Crippen LogP) is 0.799. The fraction of sp³-hybridized carbons (Fsp3) is 0.357. The van der Waals surface area contributed by atoms with E-state index >= 15 is 0 Å². The van der Waals surface area contributed by atoms with Gasteiger partial charge in [0.25, 0.3) is 5.91 Å². The molecule has 0 unspecified atom stereocenters. The average molecular weight is 294 g/mol. The van der Waals surface area contributed by atoms with Crippen molar-refractivity contribution in [2.75, 3.05) is 13.7 Å². The van der Waals surface area contributed by atoms with Crippen LogP contribution in [-0.4, -0.2) is 31.5 Å². The zero-order chi connectivity index (χ0) is 15.7. The van der Waals surface area contributed by atoms with Crippen LogP contribution in [0.1, 0.15) is 30.1 Å². The Balaban J connectivity index is 2.34. The highest BCUT2D eigenvalue weighted by atomic mass is 16.5. The van der Waals surface area contributed by atoms with Gasteiger partial charge in [-0.2, -0.15) is 0 Å². The number of benzene rings is 1. The van der Waals surface area contributed by atoms with E-state index in [1.165, 1.54) is 7.11 Å². The molecule has 0 spiro atoms. The van der Waals surface area contributed by atoms with Crippen molar-refractivity contribution in [3.8, 4) is 5.75 Å². The van der Waals surface area contributed by atoms with Gasteiger partial charge in [-0.15, -0.1) is 0 Å². The number of nitrogens with one attached hydrogen (secondary N) is 2. The first-order valence-corrected chi connectivity index (χ1v) is 6.45. The standard InChI is InChI=1S/C14H18N2O5/c1-3-21-13(18)9-8-12(17)15-16-14(19)10-4-6-11(20-2)7-5-10/h4-7H,3,8-9H2,1-2H3,(H,15,17)(H,16,19). The Hall–Kier alpha value is -2.57. The second-order valence-corrected chi connectivity index (χ2v) is 4.04. The largest absolute Gasteiger partial charge is 0.497 e. The first-order chi connectivity index (χ1) is 10.1. The van der Waals surface area contributed by atoms with Crippen LogP contribution >= 0.6 is 0 Å². The highest BCUT2D eigenvalue weighted by Crippen LogP contribution is 2.10. The van der Waals surface area contributed by atoms with Crippen LogP contribution in [-0.2, 0) is 14.3 Å². The third kappa shape index (κ3) is 5.94. The summed E-state index contributed by atoms with van der Waals surface area (Å²) in [5.41, 5.74) is 4.87. The van der Waals surface area contributed by atoms with Crippen LogP contribution in [0.3, 0.4) is 0 Å². The molecule has 21 heavy (non-hydrogen) atoms. The summed E-state index contributed by atoms with van der Waals surface area (Å²) in [4.78, 5) is 34.2. The lowest BCUT2D eigenvalue weighted by atomic mass is 10.2. The van der Waals surface area contributed by atoms with Gasteiger partial charge in [-0.3, -0.25) is 25.2 Å². The van der Waals surface area contributed by atoms with Crippen molar-refractivity contribution < 1.29 is 23.9 Å². The molecule has 1 rings (SSSR count). The van der Waals surface area contributed by atoms with Crippen molar-refractivity contribution in [3.63, 3.8) is 0 Å². The molecule has 0 heterocycles. The first kappa shape index (κ1) is 16.5. The van der Waals surface area contributed by atoms with Gasteiger partial charge in [-0.1, -0.05) is 0 Å². The second kappa shape index (κ2) is 8.57. The number of amides is 2. The molecule has 0 aromatic heterocycles. The minimum atomic E-state index is -0.468. The number of ether oxygens (including phenoxy) is 2. The molecule has 0 saturated carbocycles. The number of rotatable bonds is 6. The van der Waals surface area contributed by atoms with Gasteiger partial charge < -0.3 is 9.47 Å². The molecule has 0 radical (unpaired) electrons. The van der Waals surface area contributed by atoms with Crippen molar-refractivity contribution in [1.82, 2.24) is 10.9 Å². The van der Waals surface area contributed by atoms with Crippen LogP contribution in [0.4, 0.5) is 0 Å². The summed E-state index contributed by atoms with van der Waals surface area (Å²) < 4.78 is 9.67. The van der Waals surface area contributed by atoms with E-state index in [1.807, 2.05) is 0 Å². The van der Waals surface area contributed by atoms with E-state index in [-0.39, 0.29) is 19.4 Å². The van der Waals surface area contributed by atoms with Gasteiger partial charge >= 0.3 is 5.97 Å². The molecule has 0 bridgehead atoms. The van der Waals surface area contributed by atoms with Crippen LogP contribution in [0.25, 0.3) is 0 Å². The van der Waals surface area contributed by atoms with Gasteiger partial charge in [0.1, 0.15) is 5.75 Å². The second-order valence-electron chi connectivity index (χ2n) is 4.04. The molecular weight excluding hydrogens is 276 g/mol. The molecule has 0 aliphatic carbocycles. The lowest BCUT2D eigenvalue weighted by Gasteiger charge is -2.07. The summed E-state index contributed by atoms with van der Waals surface area (Å²) in [6.45, 7) is 1.96. The molecule has 0 fully saturated rings. The fourth-order valence-corrected chi connectivity index (χ4v) is 1.45. The van der Waals surface area contributed by atoms with Gasteiger partial charge in [-0.25, -0.2) is 0 Å². The molecule has 1 aromatic carbocycles. The van der Waals surface area contributed by atoms with Gasteiger partial charge in [0.2, 0.25) is 5.91 Å². The molecule has 1 aromatic rings. The Bertz CT molecular complexity index is 499. The number of esters is 1. The number of hydrogen-bond acceptors (Lipinski definition) is 5. The van der Waals surface area contributed by atoms with Gasteiger partial charge in [0.15, 0.2) is 0 Å². The van der Waals surface area contributed by atoms with Crippen molar-refractivity contribution in [3.05, 3.63) is 29.8 Å². The topological polar surface area (TPSA) is 93.7 Å². The van der Waals surface area contributed by atoms with Gasteiger partial charge in [-0.05, 0) is 31.2 Å². The summed E-state index contributed by atoms with van der Waals surface area (Å²) in [6, 6.07) is 6.41. The van der Waals surface area contributed by atoms with Crippen LogP contribution < -0.4 is 15.6 Å². The van der Waals surface area contributed by atoms with Crippen molar-refractivity contribution in [1.29, 1.82) is 0 Å². The van der Waals surface area contributed by atoms with E-state index in [2.05, 4.69) is 10.9 Å². The maximum Gasteiger partial charge on any atom is 0.306 e. The minimum absolute atomic E-state index is 0.0297. The van der Waals surface area contributed by atoms with Gasteiger partial charge in [0.05, 0.1) is 20.1 Å². The highest BCUT2D eigenvalue weighted by Gasteiger charge is 2.09. The quantitative estimate of drug-likeness (QED) is 0.598. The Morgan fingerprint density at radius 3 is 2.29 bits per heavy atom. The minimum Gasteiger partial charge on any atom is -0.497 e. The maximum atomic E-state index is 11.7. The van der Waals surface area contributed by atoms with E-state index in [0.717, 1.165) is 0 Å². The van der Waals surface area contributed by atoms with Crippen LogP contribution in [0.2, 0.25) is 0 Å². The highest BCUT2D eigenvalue weighted by molar-refractivity contribution is 5.95. The summed E-state index contributed by atoms with van der Waals surface area (Å²) in [5.74, 6) is -0.744. The lowest BCUT2D eigenvalue weighted by Crippen LogP contribution is -2.41. The average Bonchev–Trinajstić information content (AvgIpc) is 2.51. The molecule has 0 aliphatic heterocycles. The van der Waals surface area contributed by atoms with E-state index in [0.29, 0.717) is 11.3 Å². The predicted molar refractivity (Wildman–Crippen MR) is 74.5 cm³/mol. The Labute approximate surface area is 122 Å². The first-order valence-electron chi connectivity index (χ1n) is 6.45. The number of methoxy groups -OCH3 is 1. The Morgan fingerprint density at radius 1 is 1.05 bits per heavy atom. The lowest BCUT2D eigenvalue weighted by molar-refractivity contribution is -0.144. The molecule has 0 aliphatic rings. The zero-order valence-corrected chi connectivity index (χ0v) is 12.0. The zero-order valence-electron chi connectivity index (χ0n) is 12.0. The van der Waals surface area contributed by atoms with E-state index in [4.69, 9.17) is 9.47 Å². The molecule has 114 valence electrons. The van der Waals surface area contributed by atoms with E-state index < -0.39 is 17.8 Å². The van der Waals surface area contributed by atoms with Crippen LogP contribution in [0.15, 0.2) is 24.3 Å². The molecule has 7 nitrogen and oxygen atoms in total. The number of hydrogen-bond donors (Lipinski definition) is 2. The molecule has 2 amide bonds. The SMILES string of the molecule is CCOC(=O)CCC(=O)NNC(=O)c1ccc(OC)cc1. The third-order valence-corrected chi connectivity index (χ3v) is 2.53. The summed E-state index contributed by atoms with van der Waals surface area (Å²) in [7, 11) is 1.53. The summed E-state index contributed by atoms with van der Waals surface area (Å²) in [6.07, 6.45) is -0.0835. The van der Waals surface area contributed by atoms with Gasteiger partial charge in [0, 0.05) is 12.0 Å². The molecule has 0 saturated heterocycles. The fourth-order valence-electron chi connectivity index (χ4n) is 1.45. The Kier molecular flexibility index (Phi) is 6.73. The van der Waals surface area contributed by atoms with E-state index in [1.54, 1.807) is 31.2 Å². The third-order valence-electron chi connectivity index (χ3n) is 2.53. The number of carbonyl (C=O) groups is 3.